The number of nitrogens with one attached hydrogen (secondary N) is 1. The van der Waals surface area contributed by atoms with Crippen molar-refractivity contribution in [2.45, 2.75) is 62.5 Å². The van der Waals surface area contributed by atoms with Crippen LogP contribution in [0.25, 0.3) is 0 Å². The molecule has 11 atom stereocenters. The number of phosphoric ester groups is 2. The molecule has 0 amide bonds. The van der Waals surface area contributed by atoms with Crippen molar-refractivity contribution in [3.63, 3.8) is 0 Å². The smallest absolute Gasteiger partial charge is 0.396 e. The van der Waals surface area contributed by atoms with E-state index in [2.05, 4.69) is 0 Å². The molecule has 1 aromatic heterocycles. The summed E-state index contributed by atoms with van der Waals surface area (Å²) in [6.45, 7) is 1.45. The third-order valence-electron chi connectivity index (χ3n) is 6.85. The molecule has 0 bridgehead atoms. The van der Waals surface area contributed by atoms with Crippen LogP contribution in [0, 0.1) is 5.92 Å². The average Bonchev–Trinajstić information content (AvgIpc) is 3.29. The van der Waals surface area contributed by atoms with E-state index in [9.17, 15) is 39.1 Å². The van der Waals surface area contributed by atoms with E-state index < -0.39 is 88.6 Å². The van der Waals surface area contributed by atoms with Crippen LogP contribution in [0.4, 0.5) is 0 Å². The number of rotatable bonds is 18. The highest BCUT2D eigenvalue weighted by atomic mass is 32.2. The van der Waals surface area contributed by atoms with Gasteiger partial charge in [0.25, 0.3) is 5.56 Å². The first kappa shape index (κ1) is 38.4. The van der Waals surface area contributed by atoms with Gasteiger partial charge in [0.15, 0.2) is 12.5 Å². The molecule has 19 nitrogen and oxygen atoms in total. The molecule has 22 heteroatoms. The van der Waals surface area contributed by atoms with E-state index in [1.165, 1.54) is 18.7 Å². The fraction of sp³-hybridized carbons (Fsp3) is 0.826. The molecular formula is C23H40N2O17P2S. The third kappa shape index (κ3) is 10.2. The van der Waals surface area contributed by atoms with Crippen molar-refractivity contribution in [2.24, 2.45) is 5.92 Å². The van der Waals surface area contributed by atoms with Crippen LogP contribution in [-0.4, -0.2) is 130 Å². The molecule has 45 heavy (non-hydrogen) atoms. The molecular weight excluding hydrogens is 670 g/mol. The van der Waals surface area contributed by atoms with E-state index in [1.807, 2.05) is 4.98 Å². The normalized spacial score (nSPS) is 33.1. The predicted molar refractivity (Wildman–Crippen MR) is 154 cm³/mol. The van der Waals surface area contributed by atoms with E-state index in [4.69, 9.17) is 41.7 Å². The van der Waals surface area contributed by atoms with Crippen molar-refractivity contribution in [1.82, 2.24) is 9.55 Å². The highest BCUT2D eigenvalue weighted by Crippen LogP contribution is 2.66. The van der Waals surface area contributed by atoms with Crippen LogP contribution in [0.15, 0.2) is 21.9 Å². The minimum absolute atomic E-state index is 0.0132. The lowest BCUT2D eigenvalue weighted by molar-refractivity contribution is -0.247. The lowest BCUT2D eigenvalue weighted by Crippen LogP contribution is -2.54. The minimum Gasteiger partial charge on any atom is -0.396 e. The highest BCUT2D eigenvalue weighted by Gasteiger charge is 2.50. The van der Waals surface area contributed by atoms with Crippen molar-refractivity contribution >= 4 is 27.4 Å². The summed E-state index contributed by atoms with van der Waals surface area (Å²) < 4.78 is 69.4. The van der Waals surface area contributed by atoms with E-state index >= 15 is 0 Å². The summed E-state index contributed by atoms with van der Waals surface area (Å²) in [7, 11) is -7.84. The molecule has 2 aliphatic heterocycles. The number of hydrogen-bond donors (Lipinski definition) is 6. The Hall–Kier alpha value is -1.03. The van der Waals surface area contributed by atoms with Gasteiger partial charge in [-0.15, -0.1) is 0 Å². The summed E-state index contributed by atoms with van der Waals surface area (Å²) in [6, 6.07) is 0.998. The van der Waals surface area contributed by atoms with Crippen LogP contribution in [0.1, 0.15) is 19.6 Å². The Kier molecular flexibility index (Phi) is 14.8. The largest absolute Gasteiger partial charge is 0.485 e. The number of H-pyrrole nitrogens is 1. The third-order valence-corrected chi connectivity index (χ3v) is 11.3. The second kappa shape index (κ2) is 17.4. The van der Waals surface area contributed by atoms with Gasteiger partial charge < -0.3 is 39.7 Å². The van der Waals surface area contributed by atoms with Gasteiger partial charge in [0.2, 0.25) is 0 Å². The lowest BCUT2D eigenvalue weighted by atomic mass is 9.93. The van der Waals surface area contributed by atoms with Gasteiger partial charge in [-0.3, -0.25) is 32.4 Å². The van der Waals surface area contributed by atoms with Crippen LogP contribution in [0.5, 0.6) is 0 Å². The van der Waals surface area contributed by atoms with Gasteiger partial charge in [-0.25, -0.2) is 13.9 Å². The molecule has 0 aromatic carbocycles. The molecule has 260 valence electrons. The molecule has 8 unspecified atom stereocenters. The van der Waals surface area contributed by atoms with Crippen molar-refractivity contribution in [2.75, 3.05) is 52.2 Å². The molecule has 0 saturated carbocycles. The zero-order valence-corrected chi connectivity index (χ0v) is 27.3. The van der Waals surface area contributed by atoms with Gasteiger partial charge in [-0.05, 0) is 6.42 Å². The second-order valence-electron chi connectivity index (χ2n) is 9.95. The summed E-state index contributed by atoms with van der Waals surface area (Å²) >= 11 is 1.34. The Balaban J connectivity index is 1.61. The number of nitrogens with zero attached hydrogens (tertiary/aromatic N) is 1. The number of ether oxygens (including phenoxy) is 3. The van der Waals surface area contributed by atoms with Crippen LogP contribution in [0.2, 0.25) is 0 Å². The Morgan fingerprint density at radius 1 is 0.978 bits per heavy atom. The molecule has 0 radical (unpaired) electrons. The number of thioether (sulfide) groups is 1. The van der Waals surface area contributed by atoms with E-state index in [0.29, 0.717) is 25.4 Å². The Morgan fingerprint density at radius 2 is 1.67 bits per heavy atom. The van der Waals surface area contributed by atoms with Gasteiger partial charge in [0, 0.05) is 57.1 Å². The van der Waals surface area contributed by atoms with Crippen molar-refractivity contribution < 1.29 is 71.3 Å². The fourth-order valence-electron chi connectivity index (χ4n) is 4.26. The Morgan fingerprint density at radius 3 is 2.31 bits per heavy atom. The second-order valence-corrected chi connectivity index (χ2v) is 14.7. The molecule has 0 aliphatic carbocycles. The summed E-state index contributed by atoms with van der Waals surface area (Å²) in [5, 5.41) is 50.7. The molecule has 2 fully saturated rings. The van der Waals surface area contributed by atoms with Crippen LogP contribution in [-0.2, 0) is 45.7 Å². The molecule has 3 rings (SSSR count). The fourth-order valence-corrected chi connectivity index (χ4v) is 8.04. The molecule has 2 saturated heterocycles. The number of phosphoric acid groups is 2. The standard InChI is InChI=1S/C23H40N2O17P2S/c1-13-17(28)19(30)15(12-45-10-9-37-8-4-7-26)40-22(13)41-44(34,36-3)42-43(33,35-2)38-11-14-18(29)20(31)21(39-14)25-6-5-16(27)24-23(25)32/h5-6,13-15,17-22,26,28-31H,4,7-12H2,1-3H3,(H,24,27,32)/t13?,14?,15?,17-,18?,19+,20?,21?,22+,43?,44?/m1/s1. The first-order valence-electron chi connectivity index (χ1n) is 13.7. The van der Waals surface area contributed by atoms with Gasteiger partial charge in [-0.1, -0.05) is 6.92 Å². The quantitative estimate of drug-likeness (QED) is 0.0782. The number of hydrogen-bond acceptors (Lipinski definition) is 18. The van der Waals surface area contributed by atoms with Gasteiger partial charge in [-0.2, -0.15) is 16.1 Å². The van der Waals surface area contributed by atoms with Crippen molar-refractivity contribution in [1.29, 1.82) is 0 Å². The van der Waals surface area contributed by atoms with E-state index in [1.54, 1.807) is 0 Å². The monoisotopic (exact) mass is 710 g/mol. The SMILES string of the molecule is COP(=O)(OCC1OC(n2ccc(=O)[nH]c2=O)C(O)C1O)OP(=O)(OC)O[C@@H]1OC(CSCCOCCCO)[C@H](O)[C@H](O)C1C. The van der Waals surface area contributed by atoms with Crippen molar-refractivity contribution in [3.05, 3.63) is 33.1 Å². The first-order chi connectivity index (χ1) is 21.3. The molecule has 0 spiro atoms. The van der Waals surface area contributed by atoms with Crippen molar-refractivity contribution in [3.8, 4) is 0 Å². The van der Waals surface area contributed by atoms with Gasteiger partial charge >= 0.3 is 21.3 Å². The van der Waals surface area contributed by atoms with Gasteiger partial charge in [0.1, 0.15) is 24.4 Å². The number of aliphatic hydroxyl groups excluding tert-OH is 5. The Labute approximate surface area is 261 Å². The number of aliphatic hydroxyl groups is 5. The lowest BCUT2D eigenvalue weighted by Gasteiger charge is -2.41. The molecule has 6 N–H and O–H groups in total. The zero-order valence-electron chi connectivity index (χ0n) is 24.7. The average molecular weight is 711 g/mol. The maximum atomic E-state index is 13.4. The maximum absolute atomic E-state index is 13.4. The molecule has 3 heterocycles. The van der Waals surface area contributed by atoms with Crippen LogP contribution in [0.3, 0.4) is 0 Å². The summed E-state index contributed by atoms with van der Waals surface area (Å²) in [6.07, 6.45) is -9.80. The van der Waals surface area contributed by atoms with Crippen LogP contribution < -0.4 is 11.2 Å². The summed E-state index contributed by atoms with van der Waals surface area (Å²) in [4.78, 5) is 25.4. The van der Waals surface area contributed by atoms with Crippen LogP contribution >= 0.6 is 27.4 Å². The zero-order chi connectivity index (χ0) is 33.4. The minimum atomic E-state index is -4.83. The Bertz CT molecular complexity index is 1280. The van der Waals surface area contributed by atoms with Gasteiger partial charge in [0.05, 0.1) is 25.4 Å². The predicted octanol–water partition coefficient (Wildman–Crippen LogP) is -1.07. The summed E-state index contributed by atoms with van der Waals surface area (Å²) in [5.41, 5.74) is -1.62. The molecule has 2 aliphatic rings. The first-order valence-corrected chi connectivity index (χ1v) is 17.8. The topological polar surface area (TPSA) is 264 Å². The number of aromatic nitrogens is 2. The summed E-state index contributed by atoms with van der Waals surface area (Å²) in [5.74, 6) is -0.259. The number of aromatic amines is 1. The van der Waals surface area contributed by atoms with E-state index in [-0.39, 0.29) is 12.4 Å². The highest BCUT2D eigenvalue weighted by molar-refractivity contribution is 7.99. The maximum Gasteiger partial charge on any atom is 0.485 e. The van der Waals surface area contributed by atoms with E-state index in [0.717, 1.165) is 31.0 Å². The molecule has 1 aromatic rings.